The maximum absolute atomic E-state index is 12.5. The molecule has 1 atom stereocenters. The highest BCUT2D eigenvalue weighted by Crippen LogP contribution is 2.18. The van der Waals surface area contributed by atoms with E-state index in [1.54, 1.807) is 12.1 Å². The predicted molar refractivity (Wildman–Crippen MR) is 113 cm³/mol. The highest BCUT2D eigenvalue weighted by molar-refractivity contribution is 7.89. The molecular weight excluding hydrogens is 406 g/mol. The molecule has 0 aromatic heterocycles. The van der Waals surface area contributed by atoms with Crippen LogP contribution in [0.1, 0.15) is 25.3 Å². The maximum atomic E-state index is 12.5. The lowest BCUT2D eigenvalue weighted by Gasteiger charge is -2.37. The quantitative estimate of drug-likeness (QED) is 0.468. The van der Waals surface area contributed by atoms with Gasteiger partial charge in [-0.2, -0.15) is 0 Å². The number of primary sulfonamides is 1. The highest BCUT2D eigenvalue weighted by Gasteiger charge is 2.28. The van der Waals surface area contributed by atoms with Crippen molar-refractivity contribution in [3.8, 4) is 0 Å². The molecule has 0 bridgehead atoms. The lowest BCUT2D eigenvalue weighted by atomic mass is 10.1. The van der Waals surface area contributed by atoms with Crippen LogP contribution in [0.15, 0.2) is 29.2 Å². The van der Waals surface area contributed by atoms with E-state index in [0.29, 0.717) is 25.6 Å². The first-order valence-corrected chi connectivity index (χ1v) is 11.9. The summed E-state index contributed by atoms with van der Waals surface area (Å²) in [7, 11) is -3.69. The molecule has 1 aromatic carbocycles. The number of piperazine rings is 1. The second kappa shape index (κ2) is 9.86. The zero-order valence-corrected chi connectivity index (χ0v) is 18.2. The third kappa shape index (κ3) is 6.76. The van der Waals surface area contributed by atoms with Gasteiger partial charge in [-0.25, -0.2) is 13.6 Å². The van der Waals surface area contributed by atoms with Gasteiger partial charge >= 0.3 is 0 Å². The first-order valence-electron chi connectivity index (χ1n) is 10.4. The summed E-state index contributed by atoms with van der Waals surface area (Å²) >= 11 is 0. The summed E-state index contributed by atoms with van der Waals surface area (Å²) in [5.41, 5.74) is 0.924. The van der Waals surface area contributed by atoms with Crippen molar-refractivity contribution < 1.29 is 18.0 Å². The lowest BCUT2D eigenvalue weighted by molar-refractivity contribution is -0.127. The van der Waals surface area contributed by atoms with Crippen LogP contribution in [0.2, 0.25) is 0 Å². The predicted octanol–water partition coefficient (Wildman–Crippen LogP) is -0.723. The van der Waals surface area contributed by atoms with Crippen LogP contribution in [0.3, 0.4) is 0 Å². The summed E-state index contributed by atoms with van der Waals surface area (Å²) in [6.45, 7) is 5.83. The Kier molecular flexibility index (Phi) is 7.45. The number of rotatable bonds is 9. The largest absolute Gasteiger partial charge is 0.354 e. The van der Waals surface area contributed by atoms with Gasteiger partial charge < -0.3 is 10.6 Å². The van der Waals surface area contributed by atoms with Gasteiger partial charge in [-0.05, 0) is 43.9 Å². The smallest absolute Gasteiger partial charge is 0.238 e. The molecule has 1 aliphatic carbocycles. The van der Waals surface area contributed by atoms with Crippen LogP contribution in [0.4, 0.5) is 0 Å². The number of hydrogen-bond donors (Lipinski definition) is 3. The Morgan fingerprint density at radius 2 is 1.77 bits per heavy atom. The van der Waals surface area contributed by atoms with Crippen LogP contribution >= 0.6 is 0 Å². The van der Waals surface area contributed by atoms with E-state index in [4.69, 9.17) is 5.14 Å². The minimum absolute atomic E-state index is 0.0314. The van der Waals surface area contributed by atoms with Gasteiger partial charge in [0, 0.05) is 38.8 Å². The van der Waals surface area contributed by atoms with Crippen molar-refractivity contribution in [3.05, 3.63) is 29.8 Å². The lowest BCUT2D eigenvalue weighted by Crippen LogP contribution is -2.55. The number of sulfonamides is 1. The molecule has 1 saturated heterocycles. The van der Waals surface area contributed by atoms with E-state index in [9.17, 15) is 18.0 Å². The van der Waals surface area contributed by atoms with Gasteiger partial charge in [0.05, 0.1) is 17.5 Å². The van der Waals surface area contributed by atoms with Gasteiger partial charge in [-0.3, -0.25) is 19.4 Å². The van der Waals surface area contributed by atoms with E-state index in [0.717, 1.165) is 44.6 Å². The van der Waals surface area contributed by atoms with Crippen LogP contribution in [-0.4, -0.2) is 81.4 Å². The van der Waals surface area contributed by atoms with E-state index in [2.05, 4.69) is 20.4 Å². The highest BCUT2D eigenvalue weighted by atomic mass is 32.2. The third-order valence-corrected chi connectivity index (χ3v) is 6.54. The first-order chi connectivity index (χ1) is 14.2. The maximum Gasteiger partial charge on any atom is 0.238 e. The summed E-state index contributed by atoms with van der Waals surface area (Å²) in [6.07, 6.45) is 2.79. The normalized spacial score (nSPS) is 19.3. The summed E-state index contributed by atoms with van der Waals surface area (Å²) in [4.78, 5) is 28.7. The third-order valence-electron chi connectivity index (χ3n) is 5.61. The van der Waals surface area contributed by atoms with Crippen molar-refractivity contribution in [2.24, 2.45) is 5.14 Å². The number of benzene rings is 1. The van der Waals surface area contributed by atoms with Crippen LogP contribution in [0, 0.1) is 0 Å². The van der Waals surface area contributed by atoms with Crippen molar-refractivity contribution in [2.45, 2.75) is 43.2 Å². The molecule has 1 heterocycles. The SMILES string of the molecule is C[C@H](C(=O)NCCc1ccc(S(N)(=O)=O)cc1)N1CCN(CC(=O)NC2CC2)CC1. The van der Waals surface area contributed by atoms with E-state index in [1.807, 2.05) is 6.92 Å². The van der Waals surface area contributed by atoms with Crippen molar-refractivity contribution in [2.75, 3.05) is 39.3 Å². The van der Waals surface area contributed by atoms with Gasteiger partial charge in [0.25, 0.3) is 0 Å². The number of carbonyl (C=O) groups is 2. The zero-order valence-electron chi connectivity index (χ0n) is 17.3. The van der Waals surface area contributed by atoms with Crippen LogP contribution in [-0.2, 0) is 26.0 Å². The van der Waals surface area contributed by atoms with Crippen molar-refractivity contribution in [3.63, 3.8) is 0 Å². The van der Waals surface area contributed by atoms with Crippen LogP contribution < -0.4 is 15.8 Å². The fourth-order valence-corrected chi connectivity index (χ4v) is 4.02. The van der Waals surface area contributed by atoms with Crippen LogP contribution in [0.5, 0.6) is 0 Å². The second-order valence-electron chi connectivity index (χ2n) is 8.06. The average Bonchev–Trinajstić information content (AvgIpc) is 3.51. The van der Waals surface area contributed by atoms with Gasteiger partial charge in [-0.15, -0.1) is 0 Å². The number of nitrogens with two attached hydrogens (primary N) is 1. The molecule has 3 rings (SSSR count). The van der Waals surface area contributed by atoms with Gasteiger partial charge in [-0.1, -0.05) is 12.1 Å². The van der Waals surface area contributed by atoms with E-state index in [1.165, 1.54) is 12.1 Å². The molecule has 1 aliphatic heterocycles. The minimum atomic E-state index is -3.69. The Labute approximate surface area is 178 Å². The Hall–Kier alpha value is -2.01. The Balaban J connectivity index is 1.36. The topological polar surface area (TPSA) is 125 Å². The van der Waals surface area contributed by atoms with Crippen LogP contribution in [0.25, 0.3) is 0 Å². The summed E-state index contributed by atoms with van der Waals surface area (Å²) in [6, 6.07) is 6.49. The molecule has 2 amide bonds. The van der Waals surface area contributed by atoms with Crippen molar-refractivity contribution >= 4 is 21.8 Å². The minimum Gasteiger partial charge on any atom is -0.354 e. The number of hydrogen-bond acceptors (Lipinski definition) is 6. The molecule has 0 unspecified atom stereocenters. The van der Waals surface area contributed by atoms with Gasteiger partial charge in [0.2, 0.25) is 21.8 Å². The molecular formula is C20H31N5O4S. The molecule has 0 spiro atoms. The molecule has 2 aliphatic rings. The molecule has 10 heteroatoms. The van der Waals surface area contributed by atoms with E-state index >= 15 is 0 Å². The molecule has 30 heavy (non-hydrogen) atoms. The monoisotopic (exact) mass is 437 g/mol. The molecule has 1 aromatic rings. The van der Waals surface area contributed by atoms with Gasteiger partial charge in [0.1, 0.15) is 0 Å². The Morgan fingerprint density at radius 1 is 1.13 bits per heavy atom. The molecule has 4 N–H and O–H groups in total. The Bertz CT molecular complexity index is 846. The standard InChI is InChI=1S/C20H31N5O4S/c1-15(25-12-10-24(11-13-25)14-19(26)23-17-4-5-17)20(27)22-9-8-16-2-6-18(7-3-16)30(21,28)29/h2-3,6-7,15,17H,4-5,8-14H2,1H3,(H,22,27)(H,23,26)(H2,21,28,29)/t15-/m1/s1. The van der Waals surface area contributed by atoms with E-state index < -0.39 is 10.0 Å². The second-order valence-corrected chi connectivity index (χ2v) is 9.62. The number of nitrogens with one attached hydrogen (secondary N) is 2. The molecule has 2 fully saturated rings. The zero-order chi connectivity index (χ0) is 21.7. The number of nitrogens with zero attached hydrogens (tertiary/aromatic N) is 2. The fraction of sp³-hybridized carbons (Fsp3) is 0.600. The fourth-order valence-electron chi connectivity index (χ4n) is 3.50. The molecule has 1 saturated carbocycles. The summed E-state index contributed by atoms with van der Waals surface area (Å²) in [5.74, 6) is 0.0601. The number of amides is 2. The van der Waals surface area contributed by atoms with Crippen molar-refractivity contribution in [1.29, 1.82) is 0 Å². The number of carbonyl (C=O) groups excluding carboxylic acids is 2. The molecule has 9 nitrogen and oxygen atoms in total. The Morgan fingerprint density at radius 3 is 2.33 bits per heavy atom. The molecule has 0 radical (unpaired) electrons. The average molecular weight is 438 g/mol. The summed E-state index contributed by atoms with van der Waals surface area (Å²) in [5, 5.41) is 11.0. The first kappa shape index (κ1) is 22.7. The van der Waals surface area contributed by atoms with Crippen molar-refractivity contribution in [1.82, 2.24) is 20.4 Å². The summed E-state index contributed by atoms with van der Waals surface area (Å²) < 4.78 is 22.6. The van der Waals surface area contributed by atoms with E-state index in [-0.39, 0.29) is 22.8 Å². The molecule has 166 valence electrons. The van der Waals surface area contributed by atoms with Gasteiger partial charge in [0.15, 0.2) is 0 Å².